The Morgan fingerprint density at radius 3 is 2.76 bits per heavy atom. The second-order valence-corrected chi connectivity index (χ2v) is 8.54. The van der Waals surface area contributed by atoms with Crippen molar-refractivity contribution in [3.8, 4) is 5.69 Å². The van der Waals surface area contributed by atoms with Crippen LogP contribution in [0.1, 0.15) is 5.56 Å². The van der Waals surface area contributed by atoms with Gasteiger partial charge in [0.25, 0.3) is 0 Å². The summed E-state index contributed by atoms with van der Waals surface area (Å²) in [6.45, 7) is 0. The molecule has 0 saturated carbocycles. The summed E-state index contributed by atoms with van der Waals surface area (Å²) in [5.74, 6) is 0.567. The number of fused-ring (bicyclic) bond motifs is 1. The number of rotatable bonds is 6. The van der Waals surface area contributed by atoms with Crippen LogP contribution >= 0.6 is 40.0 Å². The molecule has 4 aromatic rings. The highest BCUT2D eigenvalue weighted by molar-refractivity contribution is 14.2. The molecule has 29 heavy (non-hydrogen) atoms. The van der Waals surface area contributed by atoms with E-state index < -0.39 is 0 Å². The van der Waals surface area contributed by atoms with Crippen molar-refractivity contribution >= 4 is 80.1 Å². The smallest absolute Gasteiger partial charge is 0.179 e. The van der Waals surface area contributed by atoms with Gasteiger partial charge in [0.15, 0.2) is 5.82 Å². The third-order valence-corrected chi connectivity index (χ3v) is 5.89. The van der Waals surface area contributed by atoms with E-state index in [1.807, 2.05) is 48.5 Å². The Bertz CT molecular complexity index is 1210. The summed E-state index contributed by atoms with van der Waals surface area (Å²) in [7, 11) is 0. The van der Waals surface area contributed by atoms with Crippen LogP contribution in [0, 0.1) is 5.41 Å². The molecular formula is C19H16ClIN7P. The topological polar surface area (TPSA) is 105 Å². The number of hydrogen-bond acceptors (Lipinski definition) is 6. The third-order valence-electron chi connectivity index (χ3n) is 4.31. The molecule has 7 nitrogen and oxygen atoms in total. The van der Waals surface area contributed by atoms with Crippen molar-refractivity contribution in [3.63, 3.8) is 0 Å². The highest BCUT2D eigenvalue weighted by atomic mass is 127. The van der Waals surface area contributed by atoms with E-state index in [4.69, 9.17) is 27.8 Å². The molecule has 146 valence electrons. The predicted octanol–water partition coefficient (Wildman–Crippen LogP) is 5.75. The molecule has 0 amide bonds. The van der Waals surface area contributed by atoms with Gasteiger partial charge in [-0.05, 0) is 64.5 Å². The fourth-order valence-electron chi connectivity index (χ4n) is 3.01. The molecule has 5 N–H and O–H groups in total. The lowest BCUT2D eigenvalue weighted by atomic mass is 10.1. The molecule has 2 heterocycles. The average Bonchev–Trinajstić information content (AvgIpc) is 3.09. The highest BCUT2D eigenvalue weighted by Crippen LogP contribution is 2.36. The molecule has 0 radical (unpaired) electrons. The summed E-state index contributed by atoms with van der Waals surface area (Å²) >= 11 is 8.81. The molecule has 0 aliphatic rings. The number of pyridine rings is 1. The second-order valence-electron chi connectivity index (χ2n) is 6.10. The van der Waals surface area contributed by atoms with Crippen molar-refractivity contribution in [3.05, 3.63) is 65.3 Å². The Kier molecular flexibility index (Phi) is 5.84. The van der Waals surface area contributed by atoms with Crippen molar-refractivity contribution < 1.29 is 0 Å². The Morgan fingerprint density at radius 2 is 2.00 bits per heavy atom. The summed E-state index contributed by atoms with van der Waals surface area (Å²) in [6.07, 6.45) is 3.44. The molecule has 0 aliphatic carbocycles. The zero-order chi connectivity index (χ0) is 20.4. The molecule has 1 unspecified atom stereocenters. The molecule has 2 aromatic carbocycles. The maximum Gasteiger partial charge on any atom is 0.179 e. The molecule has 1 atom stereocenters. The standard InChI is InChI=1S/C19H16ClIN7P/c20-17-13(10-22)14(27-29-21)6-7-15(17)25-19-18-16(5-2-8-24-18)28(26-19)12-4-1-3-11(23)9-12/h1-10,22,27,29H,23H2,(H,25,26). The monoisotopic (exact) mass is 535 g/mol. The van der Waals surface area contributed by atoms with E-state index in [-0.39, 0.29) is 0 Å². The van der Waals surface area contributed by atoms with Crippen molar-refractivity contribution in [1.29, 1.82) is 5.41 Å². The molecule has 0 saturated heterocycles. The van der Waals surface area contributed by atoms with Gasteiger partial charge in [0.2, 0.25) is 0 Å². The highest BCUT2D eigenvalue weighted by Gasteiger charge is 2.16. The van der Waals surface area contributed by atoms with E-state index in [1.54, 1.807) is 10.9 Å². The number of nitrogens with zero attached hydrogens (tertiary/aromatic N) is 3. The van der Waals surface area contributed by atoms with E-state index in [0.29, 0.717) is 39.7 Å². The van der Waals surface area contributed by atoms with Gasteiger partial charge in [0.1, 0.15) is 5.52 Å². The van der Waals surface area contributed by atoms with Crippen LogP contribution in [0.5, 0.6) is 0 Å². The first-order valence-electron chi connectivity index (χ1n) is 8.53. The Labute approximate surface area is 186 Å². The zero-order valence-corrected chi connectivity index (χ0v) is 18.9. The van der Waals surface area contributed by atoms with Crippen LogP contribution in [-0.2, 0) is 0 Å². The Balaban J connectivity index is 1.81. The van der Waals surface area contributed by atoms with Gasteiger partial charge >= 0.3 is 0 Å². The molecule has 0 aliphatic heterocycles. The Morgan fingerprint density at radius 1 is 1.17 bits per heavy atom. The number of halogens is 2. The van der Waals surface area contributed by atoms with E-state index in [1.165, 1.54) is 6.21 Å². The summed E-state index contributed by atoms with van der Waals surface area (Å²) in [4.78, 5) is 4.49. The number of benzene rings is 2. The normalized spacial score (nSPS) is 11.2. The average molecular weight is 536 g/mol. The lowest BCUT2D eigenvalue weighted by Gasteiger charge is -2.13. The van der Waals surface area contributed by atoms with Crippen LogP contribution in [0.4, 0.5) is 22.9 Å². The van der Waals surface area contributed by atoms with Gasteiger partial charge in [-0.15, -0.1) is 5.10 Å². The molecule has 0 bridgehead atoms. The van der Waals surface area contributed by atoms with Crippen LogP contribution in [0.15, 0.2) is 54.7 Å². The van der Waals surface area contributed by atoms with Crippen LogP contribution in [-0.4, -0.2) is 21.0 Å². The van der Waals surface area contributed by atoms with Crippen LogP contribution in [0.2, 0.25) is 5.02 Å². The first kappa shape index (κ1) is 19.9. The molecule has 0 fully saturated rings. The SMILES string of the molecule is N=Cc1c(NPI)ccc(Nc2nn(-c3cccc(N)c3)c3cccnc23)c1Cl. The predicted molar refractivity (Wildman–Crippen MR) is 132 cm³/mol. The van der Waals surface area contributed by atoms with Gasteiger partial charge < -0.3 is 21.5 Å². The number of anilines is 4. The van der Waals surface area contributed by atoms with Gasteiger partial charge in [-0.3, -0.25) is 4.98 Å². The maximum atomic E-state index is 7.73. The molecule has 0 spiro atoms. The summed E-state index contributed by atoms with van der Waals surface area (Å²) in [5.41, 5.74) is 11.1. The fraction of sp³-hybridized carbons (Fsp3) is 0. The van der Waals surface area contributed by atoms with Crippen molar-refractivity contribution in [2.24, 2.45) is 0 Å². The minimum absolute atomic E-state index is 0.447. The van der Waals surface area contributed by atoms with E-state index in [0.717, 1.165) is 16.9 Å². The van der Waals surface area contributed by atoms with Crippen molar-refractivity contribution in [2.75, 3.05) is 16.1 Å². The van der Waals surface area contributed by atoms with Crippen LogP contribution < -0.4 is 16.1 Å². The number of nitrogen functional groups attached to an aromatic ring is 1. The number of nitrogens with two attached hydrogens (primary N) is 1. The minimum atomic E-state index is 0.447. The lowest BCUT2D eigenvalue weighted by Crippen LogP contribution is -2.00. The van der Waals surface area contributed by atoms with Gasteiger partial charge in [-0.1, -0.05) is 17.7 Å². The molecular weight excluding hydrogens is 520 g/mol. The minimum Gasteiger partial charge on any atom is -0.399 e. The third kappa shape index (κ3) is 3.88. The Hall–Kier alpha value is -2.42. The van der Waals surface area contributed by atoms with Gasteiger partial charge in [-0.25, -0.2) is 4.68 Å². The van der Waals surface area contributed by atoms with Crippen LogP contribution in [0.3, 0.4) is 0 Å². The molecule has 4 rings (SSSR count). The summed E-state index contributed by atoms with van der Waals surface area (Å²) in [5, 5.41) is 19.4. The summed E-state index contributed by atoms with van der Waals surface area (Å²) in [6, 6.07) is 15.1. The molecule has 2 aromatic heterocycles. The number of aromatic nitrogens is 3. The quantitative estimate of drug-likeness (QED) is 0.109. The van der Waals surface area contributed by atoms with E-state index in [9.17, 15) is 0 Å². The largest absolute Gasteiger partial charge is 0.399 e. The van der Waals surface area contributed by atoms with Gasteiger partial charge in [0, 0.05) is 35.7 Å². The van der Waals surface area contributed by atoms with E-state index >= 15 is 0 Å². The second kappa shape index (κ2) is 8.52. The number of nitrogens with one attached hydrogen (secondary N) is 3. The maximum absolute atomic E-state index is 7.73. The molecule has 10 heteroatoms. The first-order valence-corrected chi connectivity index (χ1v) is 13.0. The number of hydrogen-bond donors (Lipinski definition) is 4. The summed E-state index contributed by atoms with van der Waals surface area (Å²) < 4.78 is 1.79. The zero-order valence-electron chi connectivity index (χ0n) is 14.9. The van der Waals surface area contributed by atoms with Gasteiger partial charge in [0.05, 0.1) is 21.9 Å². The first-order chi connectivity index (χ1) is 14.1. The van der Waals surface area contributed by atoms with Crippen molar-refractivity contribution in [1.82, 2.24) is 14.8 Å². The van der Waals surface area contributed by atoms with Gasteiger partial charge in [-0.2, -0.15) is 0 Å². The van der Waals surface area contributed by atoms with Crippen LogP contribution in [0.25, 0.3) is 16.7 Å². The van der Waals surface area contributed by atoms with E-state index in [2.05, 4.69) is 37.4 Å². The van der Waals surface area contributed by atoms with Crippen molar-refractivity contribution in [2.45, 2.75) is 0 Å². The lowest BCUT2D eigenvalue weighted by molar-refractivity contribution is 0.915. The fourth-order valence-corrected chi connectivity index (χ4v) is 4.47.